The standard InChI is InChI=1S/C18H20N4O4/c1-4-11-26-14-7-5-13(12-15(14)24-2)6-8-16(23)21-22-18-19-10-9-17(20-18)25-3/h4-10,12H,1,11H2,2-3H3,(H,21,23)(H,19,20,22)/b8-6+. The highest BCUT2D eigenvalue weighted by Gasteiger charge is 2.05. The minimum absolute atomic E-state index is 0.219. The average Bonchev–Trinajstić information content (AvgIpc) is 2.69. The number of methoxy groups -OCH3 is 2. The van der Waals surface area contributed by atoms with Crippen molar-refractivity contribution in [1.29, 1.82) is 0 Å². The zero-order valence-electron chi connectivity index (χ0n) is 14.6. The molecule has 0 unspecified atom stereocenters. The SMILES string of the molecule is C=CCOc1ccc(/C=C/C(=O)NNc2nccc(OC)n2)cc1OC. The Hall–Kier alpha value is -3.55. The normalized spacial score (nSPS) is 10.2. The predicted octanol–water partition coefficient (Wildman–Crippen LogP) is 2.22. The number of hydrogen-bond donors (Lipinski definition) is 2. The van der Waals surface area contributed by atoms with E-state index in [1.54, 1.807) is 37.5 Å². The first-order chi connectivity index (χ1) is 12.7. The summed E-state index contributed by atoms with van der Waals surface area (Å²) in [6.45, 7) is 3.98. The number of amides is 1. The zero-order valence-corrected chi connectivity index (χ0v) is 14.6. The lowest BCUT2D eigenvalue weighted by Crippen LogP contribution is -2.28. The zero-order chi connectivity index (χ0) is 18.8. The summed E-state index contributed by atoms with van der Waals surface area (Å²) < 4.78 is 15.7. The molecule has 1 aromatic heterocycles. The monoisotopic (exact) mass is 356 g/mol. The minimum atomic E-state index is -0.373. The Balaban J connectivity index is 1.95. The van der Waals surface area contributed by atoms with Crippen LogP contribution < -0.4 is 25.1 Å². The third-order valence-electron chi connectivity index (χ3n) is 3.11. The van der Waals surface area contributed by atoms with Gasteiger partial charge in [0.25, 0.3) is 5.91 Å². The van der Waals surface area contributed by atoms with E-state index in [0.717, 1.165) is 5.56 Å². The van der Waals surface area contributed by atoms with Crippen LogP contribution in [0.15, 0.2) is 49.2 Å². The Morgan fingerprint density at radius 1 is 1.23 bits per heavy atom. The third-order valence-corrected chi connectivity index (χ3v) is 3.11. The van der Waals surface area contributed by atoms with Gasteiger partial charge in [-0.1, -0.05) is 18.7 Å². The van der Waals surface area contributed by atoms with Gasteiger partial charge in [0, 0.05) is 18.3 Å². The summed E-state index contributed by atoms with van der Waals surface area (Å²) in [5.41, 5.74) is 5.85. The van der Waals surface area contributed by atoms with E-state index in [1.165, 1.54) is 19.4 Å². The van der Waals surface area contributed by atoms with Crippen LogP contribution in [0.25, 0.3) is 6.08 Å². The molecule has 2 rings (SSSR count). The second-order valence-corrected chi connectivity index (χ2v) is 4.88. The second kappa shape index (κ2) is 9.67. The van der Waals surface area contributed by atoms with Crippen molar-refractivity contribution in [3.8, 4) is 17.4 Å². The van der Waals surface area contributed by atoms with E-state index in [2.05, 4.69) is 27.4 Å². The second-order valence-electron chi connectivity index (χ2n) is 4.88. The minimum Gasteiger partial charge on any atom is -0.493 e. The fourth-order valence-corrected chi connectivity index (χ4v) is 1.90. The van der Waals surface area contributed by atoms with Gasteiger partial charge in [-0.15, -0.1) is 0 Å². The summed E-state index contributed by atoms with van der Waals surface area (Å²) in [6.07, 6.45) is 6.17. The van der Waals surface area contributed by atoms with Crippen LogP contribution in [-0.4, -0.2) is 36.7 Å². The highest BCUT2D eigenvalue weighted by Crippen LogP contribution is 2.28. The number of rotatable bonds is 9. The van der Waals surface area contributed by atoms with Crippen molar-refractivity contribution in [3.63, 3.8) is 0 Å². The third kappa shape index (κ3) is 5.52. The van der Waals surface area contributed by atoms with Crippen LogP contribution in [0.1, 0.15) is 5.56 Å². The number of hydrazine groups is 1. The van der Waals surface area contributed by atoms with Crippen LogP contribution in [0, 0.1) is 0 Å². The van der Waals surface area contributed by atoms with Crippen LogP contribution in [-0.2, 0) is 4.79 Å². The van der Waals surface area contributed by atoms with Crippen molar-refractivity contribution in [3.05, 3.63) is 54.8 Å². The number of nitrogens with one attached hydrogen (secondary N) is 2. The number of carbonyl (C=O) groups is 1. The van der Waals surface area contributed by atoms with Gasteiger partial charge in [0.05, 0.1) is 14.2 Å². The van der Waals surface area contributed by atoms with E-state index >= 15 is 0 Å². The van der Waals surface area contributed by atoms with E-state index in [4.69, 9.17) is 14.2 Å². The van der Waals surface area contributed by atoms with Crippen molar-refractivity contribution in [2.75, 3.05) is 26.3 Å². The predicted molar refractivity (Wildman–Crippen MR) is 98.1 cm³/mol. The highest BCUT2D eigenvalue weighted by molar-refractivity contribution is 5.92. The van der Waals surface area contributed by atoms with Crippen molar-refractivity contribution in [1.82, 2.24) is 15.4 Å². The first-order valence-electron chi connectivity index (χ1n) is 7.69. The molecule has 1 amide bonds. The Kier molecular flexibility index (Phi) is 6.99. The molecule has 8 heteroatoms. The summed E-state index contributed by atoms with van der Waals surface area (Å²) in [6, 6.07) is 6.94. The average molecular weight is 356 g/mol. The van der Waals surface area contributed by atoms with Crippen molar-refractivity contribution < 1.29 is 19.0 Å². The Morgan fingerprint density at radius 2 is 2.08 bits per heavy atom. The highest BCUT2D eigenvalue weighted by atomic mass is 16.5. The molecule has 0 fully saturated rings. The summed E-state index contributed by atoms with van der Waals surface area (Å²) in [5, 5.41) is 0. The van der Waals surface area contributed by atoms with E-state index in [0.29, 0.717) is 24.0 Å². The molecule has 8 nitrogen and oxygen atoms in total. The fourth-order valence-electron chi connectivity index (χ4n) is 1.90. The van der Waals surface area contributed by atoms with Crippen LogP contribution in [0.4, 0.5) is 5.95 Å². The summed E-state index contributed by atoms with van der Waals surface area (Å²) in [5.74, 6) is 1.40. The number of hydrogen-bond acceptors (Lipinski definition) is 7. The molecule has 0 bridgehead atoms. The van der Waals surface area contributed by atoms with Crippen molar-refractivity contribution >= 4 is 17.9 Å². The lowest BCUT2D eigenvalue weighted by atomic mass is 10.2. The Labute approximate surface area is 151 Å². The van der Waals surface area contributed by atoms with Crippen molar-refractivity contribution in [2.45, 2.75) is 0 Å². The van der Waals surface area contributed by atoms with Gasteiger partial charge in [0.1, 0.15) is 6.61 Å². The molecule has 0 atom stereocenters. The van der Waals surface area contributed by atoms with Gasteiger partial charge in [-0.25, -0.2) is 4.98 Å². The lowest BCUT2D eigenvalue weighted by Gasteiger charge is -2.09. The molecule has 0 radical (unpaired) electrons. The van der Waals surface area contributed by atoms with Gasteiger partial charge < -0.3 is 14.2 Å². The van der Waals surface area contributed by atoms with Crippen molar-refractivity contribution in [2.24, 2.45) is 0 Å². The van der Waals surface area contributed by atoms with Gasteiger partial charge in [0.2, 0.25) is 11.8 Å². The molecule has 136 valence electrons. The fraction of sp³-hybridized carbons (Fsp3) is 0.167. The van der Waals surface area contributed by atoms with Crippen LogP contribution >= 0.6 is 0 Å². The molecule has 0 aliphatic rings. The van der Waals surface area contributed by atoms with Gasteiger partial charge in [-0.3, -0.25) is 15.6 Å². The molecule has 1 heterocycles. The van der Waals surface area contributed by atoms with Crippen LogP contribution in [0.2, 0.25) is 0 Å². The number of benzene rings is 1. The molecule has 2 aromatic rings. The number of ether oxygens (including phenoxy) is 3. The largest absolute Gasteiger partial charge is 0.493 e. The molecular formula is C18H20N4O4. The van der Waals surface area contributed by atoms with Crippen LogP contribution in [0.3, 0.4) is 0 Å². The maximum absolute atomic E-state index is 11.9. The molecule has 0 saturated heterocycles. The smallest absolute Gasteiger partial charge is 0.262 e. The Bertz CT molecular complexity index is 793. The van der Waals surface area contributed by atoms with E-state index in [1.807, 2.05) is 6.07 Å². The van der Waals surface area contributed by atoms with Gasteiger partial charge >= 0.3 is 0 Å². The molecule has 0 saturated carbocycles. The topological polar surface area (TPSA) is 94.6 Å². The van der Waals surface area contributed by atoms with Gasteiger partial charge in [-0.2, -0.15) is 4.98 Å². The number of carbonyl (C=O) groups excluding carboxylic acids is 1. The maximum atomic E-state index is 11.9. The van der Waals surface area contributed by atoms with Gasteiger partial charge in [0.15, 0.2) is 11.5 Å². The van der Waals surface area contributed by atoms with E-state index in [9.17, 15) is 4.79 Å². The molecular weight excluding hydrogens is 336 g/mol. The lowest BCUT2D eigenvalue weighted by molar-refractivity contribution is -0.116. The Morgan fingerprint density at radius 3 is 2.81 bits per heavy atom. The molecule has 1 aromatic carbocycles. The molecule has 26 heavy (non-hydrogen) atoms. The molecule has 0 aliphatic carbocycles. The summed E-state index contributed by atoms with van der Waals surface area (Å²) in [4.78, 5) is 19.9. The first kappa shape index (κ1) is 18.8. The number of aromatic nitrogens is 2. The van der Waals surface area contributed by atoms with Gasteiger partial charge in [-0.05, 0) is 23.8 Å². The summed E-state index contributed by atoms with van der Waals surface area (Å²) >= 11 is 0. The first-order valence-corrected chi connectivity index (χ1v) is 7.69. The summed E-state index contributed by atoms with van der Waals surface area (Å²) in [7, 11) is 3.05. The molecule has 0 spiro atoms. The maximum Gasteiger partial charge on any atom is 0.262 e. The number of nitrogens with zero attached hydrogens (tertiary/aromatic N) is 2. The quantitative estimate of drug-likeness (QED) is 0.404. The van der Waals surface area contributed by atoms with Crippen LogP contribution in [0.5, 0.6) is 17.4 Å². The van der Waals surface area contributed by atoms with E-state index in [-0.39, 0.29) is 11.9 Å². The van der Waals surface area contributed by atoms with E-state index < -0.39 is 0 Å². The molecule has 0 aliphatic heterocycles. The molecule has 2 N–H and O–H groups in total. The number of anilines is 1.